The number of hydrogen-bond donors (Lipinski definition) is 2. The lowest BCUT2D eigenvalue weighted by Crippen LogP contribution is -2.35. The highest BCUT2D eigenvalue weighted by molar-refractivity contribution is 7.89. The molecule has 6 nitrogen and oxygen atoms in total. The van der Waals surface area contributed by atoms with Gasteiger partial charge < -0.3 is 10.1 Å². The molecule has 3 rings (SSSR count). The lowest BCUT2D eigenvalue weighted by molar-refractivity contribution is -0.129. The van der Waals surface area contributed by atoms with E-state index in [1.807, 2.05) is 0 Å². The molecule has 0 aromatic heterocycles. The Labute approximate surface area is 149 Å². The zero-order valence-electron chi connectivity index (χ0n) is 14.4. The second-order valence-corrected chi connectivity index (χ2v) is 8.50. The third kappa shape index (κ3) is 5.03. The van der Waals surface area contributed by atoms with Crippen molar-refractivity contribution >= 4 is 15.9 Å². The number of hydrogen-bond acceptors (Lipinski definition) is 4. The van der Waals surface area contributed by atoms with Gasteiger partial charge in [0.1, 0.15) is 6.10 Å². The number of rotatable bonds is 7. The van der Waals surface area contributed by atoms with Crippen LogP contribution in [0.15, 0.2) is 29.2 Å². The van der Waals surface area contributed by atoms with Gasteiger partial charge in [0.2, 0.25) is 15.9 Å². The standard InChI is InChI=1S/C18H26N2O4S/c21-18(17-6-3-13-24-17)19-12-11-14-7-9-16(10-8-14)25(22,23)20-15-4-1-2-5-15/h7-10,15,17,20H,1-6,11-13H2,(H,19,21). The van der Waals surface area contributed by atoms with Crippen molar-refractivity contribution in [3.8, 4) is 0 Å². The minimum absolute atomic E-state index is 0.0579. The van der Waals surface area contributed by atoms with Crippen LogP contribution in [0.4, 0.5) is 0 Å². The maximum Gasteiger partial charge on any atom is 0.249 e. The van der Waals surface area contributed by atoms with Gasteiger partial charge in [-0.15, -0.1) is 0 Å². The molecule has 1 unspecified atom stereocenters. The van der Waals surface area contributed by atoms with E-state index < -0.39 is 10.0 Å². The number of carbonyl (C=O) groups is 1. The van der Waals surface area contributed by atoms with E-state index in [0.29, 0.717) is 24.5 Å². The Morgan fingerprint density at radius 1 is 1.08 bits per heavy atom. The van der Waals surface area contributed by atoms with Crippen molar-refractivity contribution in [3.05, 3.63) is 29.8 Å². The Hall–Kier alpha value is -1.44. The molecular formula is C18H26N2O4S. The molecule has 0 radical (unpaired) electrons. The summed E-state index contributed by atoms with van der Waals surface area (Å²) in [5.41, 5.74) is 0.993. The monoisotopic (exact) mass is 366 g/mol. The van der Waals surface area contributed by atoms with Crippen LogP contribution in [0, 0.1) is 0 Å². The van der Waals surface area contributed by atoms with E-state index >= 15 is 0 Å². The second-order valence-electron chi connectivity index (χ2n) is 6.79. The van der Waals surface area contributed by atoms with Gasteiger partial charge in [-0.3, -0.25) is 4.79 Å². The third-order valence-electron chi connectivity index (χ3n) is 4.85. The largest absolute Gasteiger partial charge is 0.368 e. The molecule has 2 N–H and O–H groups in total. The minimum atomic E-state index is -3.44. The molecule has 25 heavy (non-hydrogen) atoms. The van der Waals surface area contributed by atoms with Crippen LogP contribution < -0.4 is 10.0 Å². The lowest BCUT2D eigenvalue weighted by atomic mass is 10.1. The molecule has 1 saturated heterocycles. The summed E-state index contributed by atoms with van der Waals surface area (Å²) in [6.07, 6.45) is 6.08. The van der Waals surface area contributed by atoms with Crippen LogP contribution in [-0.2, 0) is 26.0 Å². The molecule has 1 aliphatic heterocycles. The summed E-state index contributed by atoms with van der Waals surface area (Å²) in [6, 6.07) is 6.95. The highest BCUT2D eigenvalue weighted by Crippen LogP contribution is 2.20. The van der Waals surface area contributed by atoms with Crippen molar-refractivity contribution in [2.45, 2.75) is 62.0 Å². The normalized spacial score (nSPS) is 21.5. The van der Waals surface area contributed by atoms with Crippen LogP contribution in [0.1, 0.15) is 44.1 Å². The molecule has 0 spiro atoms. The first-order valence-corrected chi connectivity index (χ1v) is 10.5. The second kappa shape index (κ2) is 8.29. The zero-order valence-corrected chi connectivity index (χ0v) is 15.2. The Morgan fingerprint density at radius 3 is 2.44 bits per heavy atom. The predicted octanol–water partition coefficient (Wildman–Crippen LogP) is 1.75. The van der Waals surface area contributed by atoms with Gasteiger partial charge in [-0.05, 0) is 49.8 Å². The van der Waals surface area contributed by atoms with Crippen LogP contribution >= 0.6 is 0 Å². The smallest absolute Gasteiger partial charge is 0.249 e. The van der Waals surface area contributed by atoms with Crippen LogP contribution in [0.25, 0.3) is 0 Å². The maximum absolute atomic E-state index is 12.4. The highest BCUT2D eigenvalue weighted by Gasteiger charge is 2.24. The Balaban J connectivity index is 1.48. The molecule has 0 bridgehead atoms. The number of benzene rings is 1. The number of carbonyl (C=O) groups excluding carboxylic acids is 1. The summed E-state index contributed by atoms with van der Waals surface area (Å²) in [7, 11) is -3.44. The molecule has 2 aliphatic rings. The summed E-state index contributed by atoms with van der Waals surface area (Å²) in [5, 5.41) is 2.87. The summed E-state index contributed by atoms with van der Waals surface area (Å²) >= 11 is 0. The lowest BCUT2D eigenvalue weighted by Gasteiger charge is -2.13. The summed E-state index contributed by atoms with van der Waals surface area (Å²) < 4.78 is 32.9. The molecule has 1 heterocycles. The highest BCUT2D eigenvalue weighted by atomic mass is 32.2. The average Bonchev–Trinajstić information content (AvgIpc) is 3.28. The van der Waals surface area contributed by atoms with Crippen molar-refractivity contribution < 1.29 is 17.9 Å². The van der Waals surface area contributed by atoms with Crippen LogP contribution in [0.2, 0.25) is 0 Å². The fourth-order valence-corrected chi connectivity index (χ4v) is 4.70. The predicted molar refractivity (Wildman–Crippen MR) is 94.7 cm³/mol. The van der Waals surface area contributed by atoms with E-state index in [1.54, 1.807) is 24.3 Å². The summed E-state index contributed by atoms with van der Waals surface area (Å²) in [5.74, 6) is -0.0579. The minimum Gasteiger partial charge on any atom is -0.368 e. The number of amides is 1. The van der Waals surface area contributed by atoms with Crippen LogP contribution in [0.5, 0.6) is 0 Å². The molecule has 1 aliphatic carbocycles. The van der Waals surface area contributed by atoms with E-state index in [0.717, 1.165) is 44.1 Å². The molecule has 138 valence electrons. The molecule has 1 aromatic rings. The molecule has 1 atom stereocenters. The topological polar surface area (TPSA) is 84.5 Å². The Bertz CT molecular complexity index is 676. The first-order chi connectivity index (χ1) is 12.0. The van der Waals surface area contributed by atoms with E-state index in [2.05, 4.69) is 10.0 Å². The SMILES string of the molecule is O=C(NCCc1ccc(S(=O)(=O)NC2CCCC2)cc1)C1CCCO1. The van der Waals surface area contributed by atoms with Crippen molar-refractivity contribution in [2.24, 2.45) is 0 Å². The van der Waals surface area contributed by atoms with Gasteiger partial charge in [0, 0.05) is 19.2 Å². The zero-order chi connectivity index (χ0) is 17.7. The van der Waals surface area contributed by atoms with Gasteiger partial charge in [-0.2, -0.15) is 0 Å². The van der Waals surface area contributed by atoms with Crippen molar-refractivity contribution in [2.75, 3.05) is 13.2 Å². The van der Waals surface area contributed by atoms with Crippen molar-refractivity contribution in [3.63, 3.8) is 0 Å². The maximum atomic E-state index is 12.4. The molecule has 2 fully saturated rings. The Kier molecular flexibility index (Phi) is 6.09. The number of sulfonamides is 1. The first-order valence-electron chi connectivity index (χ1n) is 9.05. The van der Waals surface area contributed by atoms with Gasteiger partial charge in [0.25, 0.3) is 0 Å². The van der Waals surface area contributed by atoms with E-state index in [9.17, 15) is 13.2 Å². The van der Waals surface area contributed by atoms with Gasteiger partial charge in [-0.25, -0.2) is 13.1 Å². The van der Waals surface area contributed by atoms with Crippen molar-refractivity contribution in [1.29, 1.82) is 0 Å². The number of ether oxygens (including phenoxy) is 1. The van der Waals surface area contributed by atoms with E-state index in [-0.39, 0.29) is 18.1 Å². The Morgan fingerprint density at radius 2 is 1.80 bits per heavy atom. The fraction of sp³-hybridized carbons (Fsp3) is 0.611. The average molecular weight is 366 g/mol. The van der Waals surface area contributed by atoms with Gasteiger partial charge in [-0.1, -0.05) is 25.0 Å². The van der Waals surface area contributed by atoms with Gasteiger partial charge in [0.05, 0.1) is 4.90 Å². The van der Waals surface area contributed by atoms with Gasteiger partial charge >= 0.3 is 0 Å². The molecule has 7 heteroatoms. The van der Waals surface area contributed by atoms with Crippen LogP contribution in [0.3, 0.4) is 0 Å². The molecule has 1 amide bonds. The fourth-order valence-electron chi connectivity index (χ4n) is 3.39. The molecule has 1 saturated carbocycles. The quantitative estimate of drug-likeness (QED) is 0.770. The van der Waals surface area contributed by atoms with E-state index in [1.165, 1.54) is 0 Å². The van der Waals surface area contributed by atoms with Gasteiger partial charge in [0.15, 0.2) is 0 Å². The number of nitrogens with one attached hydrogen (secondary N) is 2. The third-order valence-corrected chi connectivity index (χ3v) is 6.38. The molecular weight excluding hydrogens is 340 g/mol. The molecule has 1 aromatic carbocycles. The van der Waals surface area contributed by atoms with E-state index in [4.69, 9.17) is 4.74 Å². The summed E-state index contributed by atoms with van der Waals surface area (Å²) in [6.45, 7) is 1.17. The summed E-state index contributed by atoms with van der Waals surface area (Å²) in [4.78, 5) is 12.2. The van der Waals surface area contributed by atoms with Crippen molar-refractivity contribution in [1.82, 2.24) is 10.0 Å². The first kappa shape index (κ1) is 18.4. The van der Waals surface area contributed by atoms with Crippen LogP contribution in [-0.4, -0.2) is 39.6 Å².